The van der Waals surface area contributed by atoms with Crippen LogP contribution in [0.5, 0.6) is 5.75 Å². The lowest BCUT2D eigenvalue weighted by molar-refractivity contribution is -0.125. The van der Waals surface area contributed by atoms with Crippen LogP contribution in [0.15, 0.2) is 16.6 Å². The molecule has 0 unspecified atom stereocenters. The molecular weight excluding hydrogens is 284 g/mol. The SMILES string of the molecule is O=C1NCC[C@H]1Oc1cc(Br)cc(F)c1F. The van der Waals surface area contributed by atoms with E-state index in [-0.39, 0.29) is 11.7 Å². The van der Waals surface area contributed by atoms with Crippen LogP contribution in [0.25, 0.3) is 0 Å². The fraction of sp³-hybridized carbons (Fsp3) is 0.300. The number of rotatable bonds is 2. The summed E-state index contributed by atoms with van der Waals surface area (Å²) in [6, 6.07) is 2.29. The van der Waals surface area contributed by atoms with Crippen LogP contribution in [-0.4, -0.2) is 18.6 Å². The molecule has 0 saturated carbocycles. The van der Waals surface area contributed by atoms with E-state index in [0.717, 1.165) is 6.07 Å². The van der Waals surface area contributed by atoms with Crippen LogP contribution in [0.2, 0.25) is 0 Å². The third-order valence-electron chi connectivity index (χ3n) is 2.23. The Balaban J connectivity index is 2.24. The van der Waals surface area contributed by atoms with Gasteiger partial charge in [-0.2, -0.15) is 4.39 Å². The second-order valence-electron chi connectivity index (χ2n) is 3.39. The molecule has 3 nitrogen and oxygen atoms in total. The fourth-order valence-electron chi connectivity index (χ4n) is 1.46. The first-order valence-corrected chi connectivity index (χ1v) is 5.46. The van der Waals surface area contributed by atoms with Gasteiger partial charge >= 0.3 is 0 Å². The van der Waals surface area contributed by atoms with E-state index in [0.29, 0.717) is 17.4 Å². The molecule has 1 aromatic rings. The Bertz CT molecular complexity index is 439. The second kappa shape index (κ2) is 4.37. The van der Waals surface area contributed by atoms with Crippen LogP contribution in [0.4, 0.5) is 8.78 Å². The summed E-state index contributed by atoms with van der Waals surface area (Å²) in [6.07, 6.45) is -0.296. The topological polar surface area (TPSA) is 38.3 Å². The van der Waals surface area contributed by atoms with E-state index in [1.807, 2.05) is 0 Å². The van der Waals surface area contributed by atoms with Gasteiger partial charge in [-0.05, 0) is 12.1 Å². The number of hydrogen-bond acceptors (Lipinski definition) is 2. The van der Waals surface area contributed by atoms with Crippen LogP contribution in [0.3, 0.4) is 0 Å². The van der Waals surface area contributed by atoms with Gasteiger partial charge in [0.05, 0.1) is 0 Å². The maximum Gasteiger partial charge on any atom is 0.261 e. The molecule has 0 aromatic heterocycles. The molecule has 1 amide bonds. The molecule has 2 rings (SSSR count). The fourth-order valence-corrected chi connectivity index (χ4v) is 1.86. The third kappa shape index (κ3) is 2.16. The van der Waals surface area contributed by atoms with Crippen molar-refractivity contribution < 1.29 is 18.3 Å². The highest BCUT2D eigenvalue weighted by Gasteiger charge is 2.27. The molecule has 6 heteroatoms. The average Bonchev–Trinajstić information content (AvgIpc) is 2.60. The van der Waals surface area contributed by atoms with E-state index < -0.39 is 17.7 Å². The van der Waals surface area contributed by atoms with Crippen molar-refractivity contribution in [3.8, 4) is 5.75 Å². The standard InChI is InChI=1S/C10H8BrF2NO2/c11-5-3-6(12)9(13)8(4-5)16-7-1-2-14-10(7)15/h3-4,7H,1-2H2,(H,14,15)/t7-/m1/s1. The maximum atomic E-state index is 13.3. The number of carbonyl (C=O) groups is 1. The van der Waals surface area contributed by atoms with Crippen LogP contribution in [0, 0.1) is 11.6 Å². The van der Waals surface area contributed by atoms with Crippen molar-refractivity contribution in [3.05, 3.63) is 28.2 Å². The van der Waals surface area contributed by atoms with E-state index in [9.17, 15) is 13.6 Å². The molecule has 0 radical (unpaired) electrons. The van der Waals surface area contributed by atoms with E-state index >= 15 is 0 Å². The Labute approximate surface area is 98.9 Å². The van der Waals surface area contributed by atoms with Gasteiger partial charge in [0.1, 0.15) is 0 Å². The van der Waals surface area contributed by atoms with E-state index in [1.54, 1.807) is 0 Å². The van der Waals surface area contributed by atoms with Crippen LogP contribution in [-0.2, 0) is 4.79 Å². The second-order valence-corrected chi connectivity index (χ2v) is 4.30. The molecule has 0 aliphatic carbocycles. The summed E-state index contributed by atoms with van der Waals surface area (Å²) in [7, 11) is 0. The highest BCUT2D eigenvalue weighted by molar-refractivity contribution is 9.10. The highest BCUT2D eigenvalue weighted by Crippen LogP contribution is 2.27. The number of hydrogen-bond donors (Lipinski definition) is 1. The molecule has 1 atom stereocenters. The van der Waals surface area contributed by atoms with Gasteiger partial charge in [-0.15, -0.1) is 0 Å². The summed E-state index contributed by atoms with van der Waals surface area (Å²) in [5.74, 6) is -2.65. The summed E-state index contributed by atoms with van der Waals surface area (Å²) >= 11 is 3.02. The molecule has 1 aliphatic rings. The number of carbonyl (C=O) groups excluding carboxylic acids is 1. The Morgan fingerprint density at radius 3 is 2.81 bits per heavy atom. The summed E-state index contributed by atoms with van der Waals surface area (Å²) in [6.45, 7) is 0.488. The summed E-state index contributed by atoms with van der Waals surface area (Å²) < 4.78 is 31.8. The quantitative estimate of drug-likeness (QED) is 0.847. The lowest BCUT2D eigenvalue weighted by atomic mass is 10.3. The summed E-state index contributed by atoms with van der Waals surface area (Å²) in [5, 5.41) is 2.55. The molecule has 1 N–H and O–H groups in total. The van der Waals surface area contributed by atoms with Crippen molar-refractivity contribution in [2.75, 3.05) is 6.54 Å². The van der Waals surface area contributed by atoms with Gasteiger partial charge in [-0.25, -0.2) is 4.39 Å². The minimum atomic E-state index is -1.08. The minimum absolute atomic E-state index is 0.256. The van der Waals surface area contributed by atoms with Gasteiger partial charge in [-0.3, -0.25) is 4.79 Å². The smallest absolute Gasteiger partial charge is 0.261 e. The van der Waals surface area contributed by atoms with Crippen LogP contribution in [0.1, 0.15) is 6.42 Å². The van der Waals surface area contributed by atoms with Crippen molar-refractivity contribution >= 4 is 21.8 Å². The lowest BCUT2D eigenvalue weighted by Crippen LogP contribution is -2.28. The van der Waals surface area contributed by atoms with Crippen molar-refractivity contribution in [2.45, 2.75) is 12.5 Å². The normalized spacial score (nSPS) is 19.7. The van der Waals surface area contributed by atoms with Gasteiger partial charge in [0, 0.05) is 17.4 Å². The zero-order valence-electron chi connectivity index (χ0n) is 8.10. The van der Waals surface area contributed by atoms with Crippen molar-refractivity contribution in [3.63, 3.8) is 0 Å². The molecule has 86 valence electrons. The monoisotopic (exact) mass is 291 g/mol. The largest absolute Gasteiger partial charge is 0.477 e. The van der Waals surface area contributed by atoms with Gasteiger partial charge < -0.3 is 10.1 Å². The first-order valence-electron chi connectivity index (χ1n) is 4.67. The predicted octanol–water partition coefficient (Wildman–Crippen LogP) is 1.99. The van der Waals surface area contributed by atoms with Crippen molar-refractivity contribution in [2.24, 2.45) is 0 Å². The molecule has 1 saturated heterocycles. The zero-order chi connectivity index (χ0) is 11.7. The number of amides is 1. The van der Waals surface area contributed by atoms with Gasteiger partial charge in [0.2, 0.25) is 5.82 Å². The van der Waals surface area contributed by atoms with Crippen LogP contribution < -0.4 is 10.1 Å². The number of benzene rings is 1. The van der Waals surface area contributed by atoms with E-state index in [1.165, 1.54) is 6.07 Å². The molecule has 1 heterocycles. The molecule has 1 aliphatic heterocycles. The van der Waals surface area contributed by atoms with Gasteiger partial charge in [0.15, 0.2) is 17.7 Å². The Morgan fingerprint density at radius 2 is 2.19 bits per heavy atom. The van der Waals surface area contributed by atoms with E-state index in [2.05, 4.69) is 21.2 Å². The summed E-state index contributed by atoms with van der Waals surface area (Å²) in [5.41, 5.74) is 0. The number of ether oxygens (including phenoxy) is 1. The minimum Gasteiger partial charge on any atom is -0.477 e. The van der Waals surface area contributed by atoms with Crippen LogP contribution >= 0.6 is 15.9 Å². The Kier molecular flexibility index (Phi) is 3.09. The molecule has 0 spiro atoms. The zero-order valence-corrected chi connectivity index (χ0v) is 9.68. The molecule has 1 fully saturated rings. The van der Waals surface area contributed by atoms with Crippen molar-refractivity contribution in [1.82, 2.24) is 5.32 Å². The average molecular weight is 292 g/mol. The van der Waals surface area contributed by atoms with Gasteiger partial charge in [0.25, 0.3) is 5.91 Å². The Morgan fingerprint density at radius 1 is 1.44 bits per heavy atom. The molecular formula is C10H8BrF2NO2. The van der Waals surface area contributed by atoms with E-state index in [4.69, 9.17) is 4.74 Å². The summed E-state index contributed by atoms with van der Waals surface area (Å²) in [4.78, 5) is 11.2. The lowest BCUT2D eigenvalue weighted by Gasteiger charge is -2.12. The number of nitrogens with one attached hydrogen (secondary N) is 1. The first kappa shape index (κ1) is 11.3. The van der Waals surface area contributed by atoms with Crippen molar-refractivity contribution in [1.29, 1.82) is 0 Å². The number of halogens is 3. The molecule has 16 heavy (non-hydrogen) atoms. The van der Waals surface area contributed by atoms with Gasteiger partial charge in [-0.1, -0.05) is 15.9 Å². The maximum absolute atomic E-state index is 13.3. The first-order chi connectivity index (χ1) is 7.58. The Hall–Kier alpha value is -1.17. The molecule has 1 aromatic carbocycles. The third-order valence-corrected chi connectivity index (χ3v) is 2.68. The predicted molar refractivity (Wildman–Crippen MR) is 56.1 cm³/mol. The highest BCUT2D eigenvalue weighted by atomic mass is 79.9. The molecule has 0 bridgehead atoms.